The molecule has 0 saturated heterocycles. The van der Waals surface area contributed by atoms with E-state index in [2.05, 4.69) is 20.6 Å². The van der Waals surface area contributed by atoms with E-state index in [4.69, 9.17) is 11.6 Å². The van der Waals surface area contributed by atoms with Crippen molar-refractivity contribution < 1.29 is 4.79 Å². The molecule has 1 saturated carbocycles. The number of hydrogen-bond acceptors (Lipinski definition) is 3. The van der Waals surface area contributed by atoms with Crippen LogP contribution in [0.5, 0.6) is 0 Å². The molecule has 2 aromatic heterocycles. The van der Waals surface area contributed by atoms with Crippen LogP contribution in [0.4, 0.5) is 5.82 Å². The molecule has 1 aliphatic rings. The standard InChI is InChI=1S/C19H20ClN5O/c1-2-16(19(26)22-18-9-17(23-24-18)12-6-7-12)13-10-21-25(11-13)15-5-3-4-14(20)8-15/h3-5,8-12,16H,2,6-7H2,1H3,(H2,22,23,24,26)/t16-/m1/s1. The van der Waals surface area contributed by atoms with Crippen molar-refractivity contribution in [1.29, 1.82) is 0 Å². The third-order valence-corrected chi connectivity index (χ3v) is 4.90. The Bertz CT molecular complexity index is 927. The highest BCUT2D eigenvalue weighted by Gasteiger charge is 2.26. The first-order valence-corrected chi connectivity index (χ1v) is 9.18. The molecule has 0 aliphatic heterocycles. The summed E-state index contributed by atoms with van der Waals surface area (Å²) in [5.41, 5.74) is 2.82. The summed E-state index contributed by atoms with van der Waals surface area (Å²) in [7, 11) is 0. The third-order valence-electron chi connectivity index (χ3n) is 4.67. The lowest BCUT2D eigenvalue weighted by Crippen LogP contribution is -2.20. The van der Waals surface area contributed by atoms with E-state index in [0.717, 1.165) is 16.9 Å². The normalized spacial score (nSPS) is 15.0. The van der Waals surface area contributed by atoms with Crippen molar-refractivity contribution in [1.82, 2.24) is 20.0 Å². The van der Waals surface area contributed by atoms with Crippen LogP contribution in [0.25, 0.3) is 5.69 Å². The molecule has 1 fully saturated rings. The summed E-state index contributed by atoms with van der Waals surface area (Å²) in [6.07, 6.45) is 6.66. The predicted octanol–water partition coefficient (Wildman–Crippen LogP) is 4.26. The molecule has 1 aliphatic carbocycles. The number of hydrogen-bond donors (Lipinski definition) is 2. The van der Waals surface area contributed by atoms with Gasteiger partial charge in [0.05, 0.1) is 17.8 Å². The Morgan fingerprint density at radius 3 is 3.00 bits per heavy atom. The summed E-state index contributed by atoms with van der Waals surface area (Å²) in [5.74, 6) is 0.791. The van der Waals surface area contributed by atoms with Crippen molar-refractivity contribution in [3.05, 3.63) is 59.0 Å². The van der Waals surface area contributed by atoms with Crippen molar-refractivity contribution in [2.75, 3.05) is 5.32 Å². The number of H-pyrrole nitrogens is 1. The van der Waals surface area contributed by atoms with Crippen molar-refractivity contribution in [3.8, 4) is 5.69 Å². The molecule has 26 heavy (non-hydrogen) atoms. The van der Waals surface area contributed by atoms with Gasteiger partial charge in [-0.15, -0.1) is 0 Å². The van der Waals surface area contributed by atoms with Crippen LogP contribution in [0.3, 0.4) is 0 Å². The minimum atomic E-state index is -0.288. The first-order chi connectivity index (χ1) is 12.6. The molecule has 1 aromatic carbocycles. The van der Waals surface area contributed by atoms with Gasteiger partial charge in [-0.2, -0.15) is 10.2 Å². The summed E-state index contributed by atoms with van der Waals surface area (Å²) in [6, 6.07) is 9.38. The van der Waals surface area contributed by atoms with Gasteiger partial charge in [-0.1, -0.05) is 24.6 Å². The molecule has 2 N–H and O–H groups in total. The molecule has 7 heteroatoms. The molecule has 3 aromatic rings. The van der Waals surface area contributed by atoms with Gasteiger partial charge in [-0.05, 0) is 37.5 Å². The lowest BCUT2D eigenvalue weighted by atomic mass is 9.99. The predicted molar refractivity (Wildman–Crippen MR) is 101 cm³/mol. The Hall–Kier alpha value is -2.60. The molecule has 134 valence electrons. The van der Waals surface area contributed by atoms with Crippen molar-refractivity contribution in [3.63, 3.8) is 0 Å². The Morgan fingerprint density at radius 1 is 1.42 bits per heavy atom. The largest absolute Gasteiger partial charge is 0.309 e. The van der Waals surface area contributed by atoms with Gasteiger partial charge in [0.2, 0.25) is 5.91 Å². The highest BCUT2D eigenvalue weighted by molar-refractivity contribution is 6.30. The smallest absolute Gasteiger partial charge is 0.233 e. The van der Waals surface area contributed by atoms with Gasteiger partial charge >= 0.3 is 0 Å². The van der Waals surface area contributed by atoms with Gasteiger partial charge in [0.15, 0.2) is 5.82 Å². The Balaban J connectivity index is 1.50. The first kappa shape index (κ1) is 16.8. The Kier molecular flexibility index (Phi) is 4.51. The molecular weight excluding hydrogens is 350 g/mol. The van der Waals surface area contributed by atoms with E-state index in [0.29, 0.717) is 23.2 Å². The number of halogens is 1. The highest BCUT2D eigenvalue weighted by Crippen LogP contribution is 2.39. The fourth-order valence-electron chi connectivity index (χ4n) is 3.07. The highest BCUT2D eigenvalue weighted by atomic mass is 35.5. The number of benzene rings is 1. The van der Waals surface area contributed by atoms with E-state index < -0.39 is 0 Å². The maximum atomic E-state index is 12.7. The summed E-state index contributed by atoms with van der Waals surface area (Å²) in [4.78, 5) is 12.7. The summed E-state index contributed by atoms with van der Waals surface area (Å²) < 4.78 is 1.73. The number of anilines is 1. The zero-order valence-corrected chi connectivity index (χ0v) is 15.2. The van der Waals surface area contributed by atoms with Crippen LogP contribution in [0.2, 0.25) is 5.02 Å². The minimum absolute atomic E-state index is 0.0769. The second-order valence-corrected chi connectivity index (χ2v) is 7.07. The van der Waals surface area contributed by atoms with Crippen LogP contribution < -0.4 is 5.32 Å². The maximum Gasteiger partial charge on any atom is 0.233 e. The molecule has 0 unspecified atom stereocenters. The van der Waals surface area contributed by atoms with Crippen LogP contribution in [0.15, 0.2) is 42.7 Å². The summed E-state index contributed by atoms with van der Waals surface area (Å²) in [6.45, 7) is 1.99. The van der Waals surface area contributed by atoms with Crippen molar-refractivity contribution >= 4 is 23.3 Å². The van der Waals surface area contributed by atoms with Crippen molar-refractivity contribution in [2.24, 2.45) is 0 Å². The van der Waals surface area contributed by atoms with Crippen LogP contribution in [-0.2, 0) is 4.79 Å². The number of aromatic amines is 1. The van der Waals surface area contributed by atoms with E-state index >= 15 is 0 Å². The van der Waals surface area contributed by atoms with Gasteiger partial charge < -0.3 is 5.32 Å². The number of carbonyl (C=O) groups is 1. The molecule has 0 bridgehead atoms. The van der Waals surface area contributed by atoms with Crippen LogP contribution in [-0.4, -0.2) is 25.9 Å². The number of amides is 1. The number of nitrogens with zero attached hydrogens (tertiary/aromatic N) is 3. The maximum absolute atomic E-state index is 12.7. The lowest BCUT2D eigenvalue weighted by molar-refractivity contribution is -0.117. The number of carbonyl (C=O) groups excluding carboxylic acids is 1. The van der Waals surface area contributed by atoms with Crippen molar-refractivity contribution in [2.45, 2.75) is 38.0 Å². The van der Waals surface area contributed by atoms with Crippen LogP contribution in [0, 0.1) is 0 Å². The minimum Gasteiger partial charge on any atom is -0.309 e. The first-order valence-electron chi connectivity index (χ1n) is 8.80. The molecule has 0 radical (unpaired) electrons. The second-order valence-electron chi connectivity index (χ2n) is 6.63. The third kappa shape index (κ3) is 3.51. The molecule has 1 amide bonds. The SMILES string of the molecule is CC[C@@H](C(=O)Nc1cc(C2CC2)[nH]n1)c1cnn(-c2cccc(Cl)c2)c1. The average Bonchev–Trinajstić information content (AvgIpc) is 3.18. The molecule has 2 heterocycles. The van der Waals surface area contributed by atoms with E-state index in [9.17, 15) is 4.79 Å². The van der Waals surface area contributed by atoms with Gasteiger partial charge in [0.1, 0.15) is 0 Å². The zero-order chi connectivity index (χ0) is 18.1. The quantitative estimate of drug-likeness (QED) is 0.681. The Labute approximate surface area is 156 Å². The van der Waals surface area contributed by atoms with Gasteiger partial charge in [-0.3, -0.25) is 9.89 Å². The molecule has 0 spiro atoms. The topological polar surface area (TPSA) is 75.6 Å². The molecular formula is C19H20ClN5O. The fraction of sp³-hybridized carbons (Fsp3) is 0.316. The van der Waals surface area contributed by atoms with E-state index in [1.165, 1.54) is 12.8 Å². The number of nitrogens with one attached hydrogen (secondary N) is 2. The monoisotopic (exact) mass is 369 g/mol. The molecule has 1 atom stereocenters. The number of rotatable bonds is 6. The van der Waals surface area contributed by atoms with Crippen LogP contribution in [0.1, 0.15) is 49.3 Å². The summed E-state index contributed by atoms with van der Waals surface area (Å²) >= 11 is 6.05. The zero-order valence-electron chi connectivity index (χ0n) is 14.4. The second kappa shape index (κ2) is 6.96. The van der Waals surface area contributed by atoms with E-state index in [1.807, 2.05) is 43.5 Å². The van der Waals surface area contributed by atoms with Gasteiger partial charge in [-0.25, -0.2) is 4.68 Å². The molecule has 4 rings (SSSR count). The lowest BCUT2D eigenvalue weighted by Gasteiger charge is -2.11. The fourth-order valence-corrected chi connectivity index (χ4v) is 3.25. The Morgan fingerprint density at radius 2 is 2.27 bits per heavy atom. The number of aromatic nitrogens is 4. The average molecular weight is 370 g/mol. The molecule has 6 nitrogen and oxygen atoms in total. The van der Waals surface area contributed by atoms with E-state index in [1.54, 1.807) is 10.9 Å². The van der Waals surface area contributed by atoms with E-state index in [-0.39, 0.29) is 11.8 Å². The van der Waals surface area contributed by atoms with Crippen LogP contribution >= 0.6 is 11.6 Å². The van der Waals surface area contributed by atoms with Gasteiger partial charge in [0.25, 0.3) is 0 Å². The summed E-state index contributed by atoms with van der Waals surface area (Å²) in [5, 5.41) is 15.1. The van der Waals surface area contributed by atoms with Gasteiger partial charge in [0, 0.05) is 34.5 Å².